The van der Waals surface area contributed by atoms with Crippen molar-refractivity contribution in [1.82, 2.24) is 4.90 Å². The Kier molecular flexibility index (Phi) is 2.76. The van der Waals surface area contributed by atoms with E-state index in [1.54, 1.807) is 0 Å². The van der Waals surface area contributed by atoms with E-state index in [1.165, 1.54) is 0 Å². The number of benzene rings is 1. The molecule has 0 aromatic heterocycles. The SMILES string of the molecule is Cc1c(I)cccc1C(=O)N1CCC1. The lowest BCUT2D eigenvalue weighted by atomic mass is 10.1. The fourth-order valence-electron chi connectivity index (χ4n) is 1.53. The molecule has 74 valence electrons. The number of rotatable bonds is 1. The molecule has 1 aliphatic rings. The summed E-state index contributed by atoms with van der Waals surface area (Å²) in [5.74, 6) is 0.187. The number of nitrogens with zero attached hydrogens (tertiary/aromatic N) is 1. The Morgan fingerprint density at radius 3 is 2.71 bits per heavy atom. The van der Waals surface area contributed by atoms with Gasteiger partial charge in [0.1, 0.15) is 0 Å². The van der Waals surface area contributed by atoms with Crippen molar-refractivity contribution >= 4 is 28.5 Å². The molecular formula is C11H12INO. The van der Waals surface area contributed by atoms with E-state index in [4.69, 9.17) is 0 Å². The van der Waals surface area contributed by atoms with E-state index < -0.39 is 0 Å². The van der Waals surface area contributed by atoms with E-state index >= 15 is 0 Å². The summed E-state index contributed by atoms with van der Waals surface area (Å²) in [5.41, 5.74) is 1.96. The fraction of sp³-hybridized carbons (Fsp3) is 0.364. The van der Waals surface area contributed by atoms with E-state index in [2.05, 4.69) is 22.6 Å². The second kappa shape index (κ2) is 3.88. The summed E-state index contributed by atoms with van der Waals surface area (Å²) in [4.78, 5) is 13.8. The predicted molar refractivity (Wildman–Crippen MR) is 64.4 cm³/mol. The molecular weight excluding hydrogens is 289 g/mol. The molecule has 1 fully saturated rings. The highest BCUT2D eigenvalue weighted by molar-refractivity contribution is 14.1. The van der Waals surface area contributed by atoms with Crippen LogP contribution >= 0.6 is 22.6 Å². The zero-order valence-corrected chi connectivity index (χ0v) is 10.2. The van der Waals surface area contributed by atoms with E-state index in [1.807, 2.05) is 30.0 Å². The Balaban J connectivity index is 2.31. The normalized spacial score (nSPS) is 15.1. The second-order valence-electron chi connectivity index (χ2n) is 3.56. The van der Waals surface area contributed by atoms with Gasteiger partial charge in [-0.25, -0.2) is 0 Å². The maximum atomic E-state index is 11.9. The van der Waals surface area contributed by atoms with E-state index in [0.29, 0.717) is 0 Å². The highest BCUT2D eigenvalue weighted by Gasteiger charge is 2.22. The van der Waals surface area contributed by atoms with Gasteiger partial charge in [-0.1, -0.05) is 6.07 Å². The van der Waals surface area contributed by atoms with Crippen molar-refractivity contribution in [2.45, 2.75) is 13.3 Å². The smallest absolute Gasteiger partial charge is 0.254 e. The van der Waals surface area contributed by atoms with Crippen molar-refractivity contribution < 1.29 is 4.79 Å². The van der Waals surface area contributed by atoms with Crippen LogP contribution in [0, 0.1) is 10.5 Å². The number of halogens is 1. The lowest BCUT2D eigenvalue weighted by Crippen LogP contribution is -2.42. The number of carbonyl (C=O) groups is 1. The molecule has 0 aliphatic carbocycles. The molecule has 1 heterocycles. The highest BCUT2D eigenvalue weighted by Crippen LogP contribution is 2.19. The van der Waals surface area contributed by atoms with Crippen molar-refractivity contribution in [3.8, 4) is 0 Å². The molecule has 14 heavy (non-hydrogen) atoms. The number of hydrogen-bond donors (Lipinski definition) is 0. The van der Waals surface area contributed by atoms with Crippen LogP contribution in [0.15, 0.2) is 18.2 Å². The van der Waals surface area contributed by atoms with Gasteiger partial charge in [-0.2, -0.15) is 0 Å². The molecule has 2 rings (SSSR count). The molecule has 3 heteroatoms. The molecule has 0 bridgehead atoms. The molecule has 1 aliphatic heterocycles. The summed E-state index contributed by atoms with van der Waals surface area (Å²) in [6.07, 6.45) is 1.15. The molecule has 2 nitrogen and oxygen atoms in total. The maximum Gasteiger partial charge on any atom is 0.254 e. The van der Waals surface area contributed by atoms with Crippen LogP contribution in [0.2, 0.25) is 0 Å². The van der Waals surface area contributed by atoms with Crippen molar-refractivity contribution in [2.75, 3.05) is 13.1 Å². The standard InChI is InChI=1S/C11H12INO/c1-8-9(4-2-5-10(8)12)11(14)13-6-3-7-13/h2,4-5H,3,6-7H2,1H3. The maximum absolute atomic E-state index is 11.9. The Hall–Kier alpha value is -0.580. The van der Waals surface area contributed by atoms with Crippen molar-refractivity contribution in [3.05, 3.63) is 32.9 Å². The molecule has 0 saturated carbocycles. The van der Waals surface area contributed by atoms with Gasteiger partial charge in [0.15, 0.2) is 0 Å². The predicted octanol–water partition coefficient (Wildman–Crippen LogP) is 2.45. The second-order valence-corrected chi connectivity index (χ2v) is 4.72. The summed E-state index contributed by atoms with van der Waals surface area (Å²) in [7, 11) is 0. The Labute approximate surface area is 97.4 Å². The van der Waals surface area contributed by atoms with Crippen LogP contribution < -0.4 is 0 Å². The minimum atomic E-state index is 0.187. The van der Waals surface area contributed by atoms with Crippen LogP contribution in [-0.4, -0.2) is 23.9 Å². The Morgan fingerprint density at radius 2 is 2.14 bits per heavy atom. The van der Waals surface area contributed by atoms with E-state index in [-0.39, 0.29) is 5.91 Å². The van der Waals surface area contributed by atoms with Crippen LogP contribution in [0.25, 0.3) is 0 Å². The lowest BCUT2D eigenvalue weighted by Gasteiger charge is -2.31. The van der Waals surface area contributed by atoms with Gasteiger partial charge in [0, 0.05) is 22.2 Å². The summed E-state index contributed by atoms with van der Waals surface area (Å²) < 4.78 is 1.16. The minimum absolute atomic E-state index is 0.187. The number of likely N-dealkylation sites (tertiary alicyclic amines) is 1. The summed E-state index contributed by atoms with van der Waals surface area (Å²) in [6, 6.07) is 5.89. The summed E-state index contributed by atoms with van der Waals surface area (Å²) in [5, 5.41) is 0. The molecule has 1 aromatic rings. The third kappa shape index (κ3) is 1.65. The lowest BCUT2D eigenvalue weighted by molar-refractivity contribution is 0.0651. The van der Waals surface area contributed by atoms with Gasteiger partial charge in [0.25, 0.3) is 5.91 Å². The molecule has 1 saturated heterocycles. The average Bonchev–Trinajstić information content (AvgIpc) is 2.06. The van der Waals surface area contributed by atoms with Crippen LogP contribution in [0.3, 0.4) is 0 Å². The highest BCUT2D eigenvalue weighted by atomic mass is 127. The van der Waals surface area contributed by atoms with Gasteiger partial charge in [0.2, 0.25) is 0 Å². The third-order valence-electron chi connectivity index (χ3n) is 2.64. The zero-order valence-electron chi connectivity index (χ0n) is 8.09. The summed E-state index contributed by atoms with van der Waals surface area (Å²) in [6.45, 7) is 3.85. The number of amides is 1. The van der Waals surface area contributed by atoms with Crippen LogP contribution in [0.1, 0.15) is 22.3 Å². The largest absolute Gasteiger partial charge is 0.339 e. The first-order chi connectivity index (χ1) is 6.70. The Morgan fingerprint density at radius 1 is 1.43 bits per heavy atom. The van der Waals surface area contributed by atoms with Crippen LogP contribution in [0.4, 0.5) is 0 Å². The van der Waals surface area contributed by atoms with E-state index in [0.717, 1.165) is 34.2 Å². The first kappa shape index (κ1) is 9.96. The molecule has 1 amide bonds. The zero-order chi connectivity index (χ0) is 10.1. The van der Waals surface area contributed by atoms with Gasteiger partial charge in [0.05, 0.1) is 0 Å². The van der Waals surface area contributed by atoms with Gasteiger partial charge >= 0.3 is 0 Å². The molecule has 0 radical (unpaired) electrons. The molecule has 0 unspecified atom stereocenters. The van der Waals surface area contributed by atoms with Gasteiger partial charge in [-0.3, -0.25) is 4.79 Å². The summed E-state index contributed by atoms with van der Waals surface area (Å²) >= 11 is 2.27. The van der Waals surface area contributed by atoms with Crippen molar-refractivity contribution in [2.24, 2.45) is 0 Å². The van der Waals surface area contributed by atoms with Crippen LogP contribution in [0.5, 0.6) is 0 Å². The van der Waals surface area contributed by atoms with Gasteiger partial charge < -0.3 is 4.90 Å². The molecule has 0 N–H and O–H groups in total. The number of carbonyl (C=O) groups excluding carboxylic acids is 1. The molecule has 1 aromatic carbocycles. The topological polar surface area (TPSA) is 20.3 Å². The van der Waals surface area contributed by atoms with Crippen LogP contribution in [-0.2, 0) is 0 Å². The first-order valence-electron chi connectivity index (χ1n) is 4.74. The van der Waals surface area contributed by atoms with Gasteiger partial charge in [-0.05, 0) is 53.6 Å². The molecule has 0 spiro atoms. The fourth-order valence-corrected chi connectivity index (χ4v) is 2.03. The first-order valence-corrected chi connectivity index (χ1v) is 5.82. The Bertz CT molecular complexity index is 372. The average molecular weight is 301 g/mol. The quantitative estimate of drug-likeness (QED) is 0.730. The van der Waals surface area contributed by atoms with E-state index in [9.17, 15) is 4.79 Å². The van der Waals surface area contributed by atoms with Gasteiger partial charge in [-0.15, -0.1) is 0 Å². The monoisotopic (exact) mass is 301 g/mol. The molecule has 0 atom stereocenters. The van der Waals surface area contributed by atoms with Crippen molar-refractivity contribution in [3.63, 3.8) is 0 Å². The minimum Gasteiger partial charge on any atom is -0.339 e. The third-order valence-corrected chi connectivity index (χ3v) is 3.81. The van der Waals surface area contributed by atoms with Crippen molar-refractivity contribution in [1.29, 1.82) is 0 Å². The number of hydrogen-bond acceptors (Lipinski definition) is 1.